The summed E-state index contributed by atoms with van der Waals surface area (Å²) in [5.74, 6) is -0.837. The first-order valence-electron chi connectivity index (χ1n) is 7.04. The van der Waals surface area contributed by atoms with Crippen LogP contribution in [0.15, 0.2) is 30.3 Å². The van der Waals surface area contributed by atoms with Gasteiger partial charge in [-0.15, -0.1) is 0 Å². The Bertz CT molecular complexity index is 495. The molecule has 0 saturated carbocycles. The van der Waals surface area contributed by atoms with Crippen molar-refractivity contribution in [2.24, 2.45) is 0 Å². The molecule has 1 heterocycles. The molecule has 1 aromatic carbocycles. The molecule has 1 aromatic rings. The Labute approximate surface area is 120 Å². The normalized spacial score (nSPS) is 23.9. The number of hydrogen-bond acceptors (Lipinski definition) is 3. The van der Waals surface area contributed by atoms with Gasteiger partial charge in [0.05, 0.1) is 24.8 Å². The summed E-state index contributed by atoms with van der Waals surface area (Å²) in [6.45, 7) is 5.10. The van der Waals surface area contributed by atoms with E-state index in [1.165, 1.54) is 0 Å². The van der Waals surface area contributed by atoms with Crippen LogP contribution in [0.3, 0.4) is 0 Å². The summed E-state index contributed by atoms with van der Waals surface area (Å²) in [5, 5.41) is 9.38. The molecule has 4 nitrogen and oxygen atoms in total. The minimum absolute atomic E-state index is 0.0249. The van der Waals surface area contributed by atoms with Crippen molar-refractivity contribution in [3.63, 3.8) is 0 Å². The second-order valence-electron chi connectivity index (χ2n) is 5.17. The van der Waals surface area contributed by atoms with Crippen LogP contribution in [-0.2, 0) is 9.53 Å². The van der Waals surface area contributed by atoms with Crippen LogP contribution >= 0.6 is 0 Å². The Hall–Kier alpha value is -1.86. The van der Waals surface area contributed by atoms with Crippen LogP contribution in [0, 0.1) is 11.3 Å². The molecule has 0 radical (unpaired) electrons. The van der Waals surface area contributed by atoms with Crippen LogP contribution < -0.4 is 0 Å². The summed E-state index contributed by atoms with van der Waals surface area (Å²) in [4.78, 5) is 14.5. The van der Waals surface area contributed by atoms with Crippen molar-refractivity contribution in [3.05, 3.63) is 35.9 Å². The lowest BCUT2D eigenvalue weighted by atomic mass is 9.97. The number of carbonyl (C=O) groups is 1. The zero-order valence-corrected chi connectivity index (χ0v) is 12.0. The molecule has 1 amide bonds. The first-order valence-corrected chi connectivity index (χ1v) is 7.04. The van der Waals surface area contributed by atoms with Crippen LogP contribution in [0.4, 0.5) is 0 Å². The van der Waals surface area contributed by atoms with E-state index in [2.05, 4.69) is 6.07 Å². The lowest BCUT2D eigenvalue weighted by Gasteiger charge is -2.39. The molecule has 0 spiro atoms. The van der Waals surface area contributed by atoms with E-state index in [0.717, 1.165) is 12.0 Å². The predicted molar refractivity (Wildman–Crippen MR) is 76.0 cm³/mol. The van der Waals surface area contributed by atoms with E-state index < -0.39 is 5.92 Å². The molecule has 20 heavy (non-hydrogen) atoms. The third kappa shape index (κ3) is 3.00. The average Bonchev–Trinajstić information content (AvgIpc) is 2.49. The third-order valence-electron chi connectivity index (χ3n) is 3.73. The standard InChI is InChI=1S/C16H20N2O2/c1-3-14-11-20-12(2)10-18(14)16(19)15(9-17)13-7-5-4-6-8-13/h4-8,12,14-15H,3,10-11H2,1-2H3. The number of ether oxygens (including phenoxy) is 1. The second kappa shape index (κ2) is 6.53. The molecule has 0 bridgehead atoms. The molecule has 0 aliphatic carbocycles. The number of nitrogens with zero attached hydrogens (tertiary/aromatic N) is 2. The Kier molecular flexibility index (Phi) is 4.75. The molecule has 3 unspecified atom stereocenters. The number of hydrogen-bond donors (Lipinski definition) is 0. The van der Waals surface area contributed by atoms with Crippen molar-refractivity contribution in [1.29, 1.82) is 5.26 Å². The molecule has 1 saturated heterocycles. The molecular formula is C16H20N2O2. The second-order valence-corrected chi connectivity index (χ2v) is 5.17. The highest BCUT2D eigenvalue weighted by molar-refractivity contribution is 5.86. The summed E-state index contributed by atoms with van der Waals surface area (Å²) >= 11 is 0. The van der Waals surface area contributed by atoms with Crippen molar-refractivity contribution in [1.82, 2.24) is 4.90 Å². The molecule has 1 aliphatic heterocycles. The Morgan fingerprint density at radius 3 is 2.80 bits per heavy atom. The smallest absolute Gasteiger partial charge is 0.244 e. The molecule has 2 rings (SSSR count). The first-order chi connectivity index (χ1) is 9.67. The van der Waals surface area contributed by atoms with Gasteiger partial charge in [0.2, 0.25) is 5.91 Å². The highest BCUT2D eigenvalue weighted by Gasteiger charge is 2.34. The van der Waals surface area contributed by atoms with Gasteiger partial charge in [0, 0.05) is 6.54 Å². The SMILES string of the molecule is CCC1COC(C)CN1C(=O)C(C#N)c1ccccc1. The summed E-state index contributed by atoms with van der Waals surface area (Å²) in [6.07, 6.45) is 0.864. The van der Waals surface area contributed by atoms with Gasteiger partial charge in [0.15, 0.2) is 0 Å². The van der Waals surface area contributed by atoms with Crippen molar-refractivity contribution in [2.45, 2.75) is 38.3 Å². The highest BCUT2D eigenvalue weighted by Crippen LogP contribution is 2.23. The Balaban J connectivity index is 2.21. The summed E-state index contributed by atoms with van der Waals surface area (Å²) in [6, 6.07) is 11.5. The van der Waals surface area contributed by atoms with E-state index in [0.29, 0.717) is 13.2 Å². The molecule has 3 atom stereocenters. The van der Waals surface area contributed by atoms with E-state index in [4.69, 9.17) is 4.74 Å². The maximum atomic E-state index is 12.7. The van der Waals surface area contributed by atoms with Crippen molar-refractivity contribution in [3.8, 4) is 6.07 Å². The van der Waals surface area contributed by atoms with E-state index in [-0.39, 0.29) is 18.1 Å². The molecule has 0 N–H and O–H groups in total. The van der Waals surface area contributed by atoms with Crippen LogP contribution in [0.1, 0.15) is 31.7 Å². The zero-order valence-electron chi connectivity index (χ0n) is 12.0. The summed E-state index contributed by atoms with van der Waals surface area (Å²) < 4.78 is 5.60. The van der Waals surface area contributed by atoms with Crippen LogP contribution in [0.2, 0.25) is 0 Å². The van der Waals surface area contributed by atoms with Crippen LogP contribution in [0.25, 0.3) is 0 Å². The summed E-state index contributed by atoms with van der Waals surface area (Å²) in [7, 11) is 0. The molecule has 106 valence electrons. The molecule has 1 aliphatic rings. The third-order valence-corrected chi connectivity index (χ3v) is 3.73. The minimum atomic E-state index is -0.726. The summed E-state index contributed by atoms with van der Waals surface area (Å²) in [5.41, 5.74) is 0.758. The Morgan fingerprint density at radius 1 is 1.50 bits per heavy atom. The van der Waals surface area contributed by atoms with Gasteiger partial charge < -0.3 is 9.64 Å². The van der Waals surface area contributed by atoms with Gasteiger partial charge >= 0.3 is 0 Å². The van der Waals surface area contributed by atoms with Crippen LogP contribution in [-0.4, -0.2) is 36.1 Å². The van der Waals surface area contributed by atoms with Gasteiger partial charge in [-0.3, -0.25) is 4.79 Å². The van der Waals surface area contributed by atoms with Gasteiger partial charge in [-0.05, 0) is 18.9 Å². The number of carbonyl (C=O) groups excluding carboxylic acids is 1. The fourth-order valence-corrected chi connectivity index (χ4v) is 2.54. The first kappa shape index (κ1) is 14.5. The highest BCUT2D eigenvalue weighted by atomic mass is 16.5. The lowest BCUT2D eigenvalue weighted by Crippen LogP contribution is -2.52. The van der Waals surface area contributed by atoms with Crippen LogP contribution in [0.5, 0.6) is 0 Å². The van der Waals surface area contributed by atoms with E-state index in [1.807, 2.05) is 49.1 Å². The number of nitriles is 1. The maximum Gasteiger partial charge on any atom is 0.244 e. The largest absolute Gasteiger partial charge is 0.375 e. The van der Waals surface area contributed by atoms with Gasteiger partial charge in [0.1, 0.15) is 5.92 Å². The van der Waals surface area contributed by atoms with E-state index in [1.54, 1.807) is 0 Å². The monoisotopic (exact) mass is 272 g/mol. The topological polar surface area (TPSA) is 53.3 Å². The molecule has 1 fully saturated rings. The maximum absolute atomic E-state index is 12.7. The quantitative estimate of drug-likeness (QED) is 0.848. The van der Waals surface area contributed by atoms with E-state index >= 15 is 0 Å². The number of morpholine rings is 1. The molecular weight excluding hydrogens is 252 g/mol. The van der Waals surface area contributed by atoms with Crippen molar-refractivity contribution in [2.75, 3.05) is 13.2 Å². The van der Waals surface area contributed by atoms with Crippen molar-refractivity contribution < 1.29 is 9.53 Å². The molecule has 0 aromatic heterocycles. The minimum Gasteiger partial charge on any atom is -0.375 e. The van der Waals surface area contributed by atoms with Gasteiger partial charge in [-0.1, -0.05) is 37.3 Å². The lowest BCUT2D eigenvalue weighted by molar-refractivity contribution is -0.144. The fourth-order valence-electron chi connectivity index (χ4n) is 2.54. The number of amides is 1. The molecule has 4 heteroatoms. The average molecular weight is 272 g/mol. The van der Waals surface area contributed by atoms with E-state index in [9.17, 15) is 10.1 Å². The fraction of sp³-hybridized carbons (Fsp3) is 0.500. The zero-order chi connectivity index (χ0) is 14.5. The van der Waals surface area contributed by atoms with Gasteiger partial charge in [-0.2, -0.15) is 5.26 Å². The number of rotatable bonds is 3. The van der Waals surface area contributed by atoms with Gasteiger partial charge in [-0.25, -0.2) is 0 Å². The Morgan fingerprint density at radius 2 is 2.20 bits per heavy atom. The van der Waals surface area contributed by atoms with Gasteiger partial charge in [0.25, 0.3) is 0 Å². The predicted octanol–water partition coefficient (Wildman–Crippen LogP) is 2.32. The number of benzene rings is 1. The van der Waals surface area contributed by atoms with Crippen molar-refractivity contribution >= 4 is 5.91 Å².